The number of carbonyl (C=O) groups excluding carboxylic acids is 1. The fourth-order valence-corrected chi connectivity index (χ4v) is 3.77. The Hall–Kier alpha value is -1.89. The molecule has 1 N–H and O–H groups in total. The first-order valence-electron chi connectivity index (χ1n) is 8.97. The van der Waals surface area contributed by atoms with Gasteiger partial charge in [-0.3, -0.25) is 9.69 Å². The summed E-state index contributed by atoms with van der Waals surface area (Å²) in [5.41, 5.74) is 0.854. The maximum absolute atomic E-state index is 12.7. The van der Waals surface area contributed by atoms with E-state index in [1.54, 1.807) is 30.6 Å². The molecule has 2 atom stereocenters. The van der Waals surface area contributed by atoms with Crippen LogP contribution in [0.4, 0.5) is 5.95 Å². The molecular formula is C19H23Cl2N5O. The van der Waals surface area contributed by atoms with Crippen molar-refractivity contribution in [3.63, 3.8) is 0 Å². The van der Waals surface area contributed by atoms with Crippen molar-refractivity contribution in [3.05, 3.63) is 52.3 Å². The number of amides is 1. The van der Waals surface area contributed by atoms with Gasteiger partial charge in [0.25, 0.3) is 0 Å². The van der Waals surface area contributed by atoms with Gasteiger partial charge >= 0.3 is 0 Å². The predicted octanol–water partition coefficient (Wildman–Crippen LogP) is 3.17. The molecule has 1 aliphatic heterocycles. The number of anilines is 1. The SMILES string of the molecule is CC(NC(=O)C(C)N1CCN(c2ncccn2)CC1)c1ccc(Cl)cc1Cl. The number of carbonyl (C=O) groups is 1. The van der Waals surface area contributed by atoms with E-state index in [9.17, 15) is 4.79 Å². The average Bonchev–Trinajstić information content (AvgIpc) is 2.68. The molecule has 27 heavy (non-hydrogen) atoms. The van der Waals surface area contributed by atoms with Crippen LogP contribution in [0.3, 0.4) is 0 Å². The van der Waals surface area contributed by atoms with E-state index >= 15 is 0 Å². The largest absolute Gasteiger partial charge is 0.348 e. The first-order valence-corrected chi connectivity index (χ1v) is 9.72. The lowest BCUT2D eigenvalue weighted by Gasteiger charge is -2.37. The van der Waals surface area contributed by atoms with E-state index in [2.05, 4.69) is 25.1 Å². The van der Waals surface area contributed by atoms with Gasteiger partial charge in [0.1, 0.15) is 0 Å². The molecular weight excluding hydrogens is 385 g/mol. The zero-order chi connectivity index (χ0) is 19.4. The maximum atomic E-state index is 12.7. The molecule has 1 saturated heterocycles. The summed E-state index contributed by atoms with van der Waals surface area (Å²) in [5, 5.41) is 4.18. The highest BCUT2D eigenvalue weighted by atomic mass is 35.5. The zero-order valence-corrected chi connectivity index (χ0v) is 16.9. The van der Waals surface area contributed by atoms with Gasteiger partial charge in [-0.05, 0) is 37.6 Å². The zero-order valence-electron chi connectivity index (χ0n) is 15.4. The molecule has 2 aromatic rings. The lowest BCUT2D eigenvalue weighted by atomic mass is 10.1. The van der Waals surface area contributed by atoms with Gasteiger partial charge in [-0.15, -0.1) is 0 Å². The Morgan fingerprint density at radius 3 is 2.41 bits per heavy atom. The molecule has 1 aliphatic rings. The number of hydrogen-bond donors (Lipinski definition) is 1. The summed E-state index contributed by atoms with van der Waals surface area (Å²) in [4.78, 5) is 25.6. The predicted molar refractivity (Wildman–Crippen MR) is 108 cm³/mol. The first kappa shape index (κ1) is 19.9. The van der Waals surface area contributed by atoms with Crippen LogP contribution in [0, 0.1) is 0 Å². The van der Waals surface area contributed by atoms with Crippen LogP contribution in [0.1, 0.15) is 25.5 Å². The summed E-state index contributed by atoms with van der Waals surface area (Å²) < 4.78 is 0. The van der Waals surface area contributed by atoms with Crippen LogP contribution < -0.4 is 10.2 Å². The Balaban J connectivity index is 1.55. The normalized spacial score (nSPS) is 17.4. The monoisotopic (exact) mass is 407 g/mol. The van der Waals surface area contributed by atoms with Gasteiger partial charge in [-0.25, -0.2) is 9.97 Å². The molecule has 0 saturated carbocycles. The number of piperazine rings is 1. The highest BCUT2D eigenvalue weighted by Crippen LogP contribution is 2.26. The van der Waals surface area contributed by atoms with Gasteiger partial charge < -0.3 is 10.2 Å². The standard InChI is InChI=1S/C19H23Cl2N5O/c1-13(16-5-4-15(20)12-17(16)21)24-18(27)14(2)25-8-10-26(11-9-25)19-22-6-3-7-23-19/h3-7,12-14H,8-11H2,1-2H3,(H,24,27). The second-order valence-corrected chi connectivity index (χ2v) is 7.49. The minimum atomic E-state index is -0.225. The molecule has 2 unspecified atom stereocenters. The molecule has 0 aliphatic carbocycles. The molecule has 1 aromatic carbocycles. The van der Waals surface area contributed by atoms with Crippen molar-refractivity contribution in [2.24, 2.45) is 0 Å². The molecule has 1 aromatic heterocycles. The van der Waals surface area contributed by atoms with Crippen molar-refractivity contribution in [1.29, 1.82) is 0 Å². The fourth-order valence-electron chi connectivity index (χ4n) is 3.19. The highest BCUT2D eigenvalue weighted by molar-refractivity contribution is 6.35. The number of hydrogen-bond acceptors (Lipinski definition) is 5. The van der Waals surface area contributed by atoms with Crippen LogP contribution in [0.15, 0.2) is 36.7 Å². The lowest BCUT2D eigenvalue weighted by molar-refractivity contribution is -0.126. The summed E-state index contributed by atoms with van der Waals surface area (Å²) in [5.74, 6) is 0.721. The van der Waals surface area contributed by atoms with Crippen LogP contribution in [0.25, 0.3) is 0 Å². The quantitative estimate of drug-likeness (QED) is 0.824. The molecule has 8 heteroatoms. The minimum Gasteiger partial charge on any atom is -0.348 e. The van der Waals surface area contributed by atoms with E-state index in [4.69, 9.17) is 23.2 Å². The maximum Gasteiger partial charge on any atom is 0.237 e. The number of aromatic nitrogens is 2. The fraction of sp³-hybridized carbons (Fsp3) is 0.421. The Bertz CT molecular complexity index is 781. The van der Waals surface area contributed by atoms with Crippen molar-refractivity contribution in [1.82, 2.24) is 20.2 Å². The van der Waals surface area contributed by atoms with Crippen LogP contribution in [0.2, 0.25) is 10.0 Å². The molecule has 1 amide bonds. The molecule has 6 nitrogen and oxygen atoms in total. The van der Waals surface area contributed by atoms with Crippen molar-refractivity contribution < 1.29 is 4.79 Å². The summed E-state index contributed by atoms with van der Waals surface area (Å²) in [6.45, 7) is 7.00. The molecule has 0 spiro atoms. The third kappa shape index (κ3) is 4.89. The van der Waals surface area contributed by atoms with Crippen LogP contribution >= 0.6 is 23.2 Å². The lowest BCUT2D eigenvalue weighted by Crippen LogP contribution is -2.54. The van der Waals surface area contributed by atoms with Crippen LogP contribution in [0.5, 0.6) is 0 Å². The van der Waals surface area contributed by atoms with E-state index in [1.165, 1.54) is 0 Å². The second kappa shape index (κ2) is 8.87. The van der Waals surface area contributed by atoms with E-state index in [0.717, 1.165) is 37.7 Å². The van der Waals surface area contributed by atoms with Crippen molar-refractivity contribution in [2.75, 3.05) is 31.1 Å². The van der Waals surface area contributed by atoms with E-state index in [0.29, 0.717) is 10.0 Å². The number of nitrogens with one attached hydrogen (secondary N) is 1. The third-order valence-corrected chi connectivity index (χ3v) is 5.43. The Labute approximate surface area is 169 Å². The average molecular weight is 408 g/mol. The van der Waals surface area contributed by atoms with E-state index in [1.807, 2.05) is 19.9 Å². The first-order chi connectivity index (χ1) is 13.0. The summed E-state index contributed by atoms with van der Waals surface area (Å²) in [6.07, 6.45) is 3.49. The van der Waals surface area contributed by atoms with Gasteiger partial charge in [-0.2, -0.15) is 0 Å². The molecule has 3 rings (SSSR count). The van der Waals surface area contributed by atoms with Gasteiger partial charge in [0, 0.05) is 48.6 Å². The van der Waals surface area contributed by atoms with Crippen LogP contribution in [-0.2, 0) is 4.79 Å². The molecule has 1 fully saturated rings. The van der Waals surface area contributed by atoms with E-state index < -0.39 is 0 Å². The smallest absolute Gasteiger partial charge is 0.237 e. The van der Waals surface area contributed by atoms with Gasteiger partial charge in [-0.1, -0.05) is 29.3 Å². The van der Waals surface area contributed by atoms with Gasteiger partial charge in [0.2, 0.25) is 11.9 Å². The summed E-state index contributed by atoms with van der Waals surface area (Å²) >= 11 is 12.2. The van der Waals surface area contributed by atoms with Crippen molar-refractivity contribution in [2.45, 2.75) is 25.9 Å². The van der Waals surface area contributed by atoms with Crippen molar-refractivity contribution >= 4 is 35.1 Å². The number of rotatable bonds is 5. The number of nitrogens with zero attached hydrogens (tertiary/aromatic N) is 4. The Kier molecular flexibility index (Phi) is 6.52. The second-order valence-electron chi connectivity index (χ2n) is 6.64. The minimum absolute atomic E-state index is 0.0158. The molecule has 0 bridgehead atoms. The highest BCUT2D eigenvalue weighted by Gasteiger charge is 2.27. The third-order valence-electron chi connectivity index (χ3n) is 4.86. The Morgan fingerprint density at radius 1 is 1.11 bits per heavy atom. The topological polar surface area (TPSA) is 61.4 Å². The van der Waals surface area contributed by atoms with Gasteiger partial charge in [0.05, 0.1) is 12.1 Å². The Morgan fingerprint density at radius 2 is 1.78 bits per heavy atom. The molecule has 0 radical (unpaired) electrons. The molecule has 144 valence electrons. The van der Waals surface area contributed by atoms with Gasteiger partial charge in [0.15, 0.2) is 0 Å². The van der Waals surface area contributed by atoms with E-state index in [-0.39, 0.29) is 18.0 Å². The summed E-state index contributed by atoms with van der Waals surface area (Å²) in [7, 11) is 0. The molecule has 2 heterocycles. The summed E-state index contributed by atoms with van der Waals surface area (Å²) in [6, 6.07) is 6.70. The number of halogens is 2. The van der Waals surface area contributed by atoms with Crippen LogP contribution in [-0.4, -0.2) is 53.0 Å². The number of benzene rings is 1. The van der Waals surface area contributed by atoms with Crippen molar-refractivity contribution in [3.8, 4) is 0 Å².